The van der Waals surface area contributed by atoms with Crippen molar-refractivity contribution in [2.24, 2.45) is 0 Å². The van der Waals surface area contributed by atoms with Crippen LogP contribution in [0.15, 0.2) is 23.6 Å². The molecule has 0 bridgehead atoms. The van der Waals surface area contributed by atoms with Gasteiger partial charge in [-0.2, -0.15) is 5.26 Å². The summed E-state index contributed by atoms with van der Waals surface area (Å²) in [6, 6.07) is 6.02. The summed E-state index contributed by atoms with van der Waals surface area (Å²) < 4.78 is 13.7. The molecule has 2 N–H and O–H groups in total. The van der Waals surface area contributed by atoms with E-state index in [2.05, 4.69) is 4.98 Å². The zero-order valence-corrected chi connectivity index (χ0v) is 12.2. The molecule has 5 nitrogen and oxygen atoms in total. The number of halogens is 1. The molecular formula is C14H13FN4OS. The predicted molar refractivity (Wildman–Crippen MR) is 77.8 cm³/mol. The van der Waals surface area contributed by atoms with Crippen LogP contribution in [0, 0.1) is 17.1 Å². The molecule has 0 fully saturated rings. The van der Waals surface area contributed by atoms with Crippen molar-refractivity contribution in [2.45, 2.75) is 13.0 Å². The molecule has 108 valence electrons. The van der Waals surface area contributed by atoms with Gasteiger partial charge in [0.25, 0.3) is 0 Å². The molecule has 1 aromatic carbocycles. The van der Waals surface area contributed by atoms with E-state index in [1.165, 1.54) is 34.4 Å². The van der Waals surface area contributed by atoms with Gasteiger partial charge < -0.3 is 10.6 Å². The smallest absolute Gasteiger partial charge is 0.228 e. The van der Waals surface area contributed by atoms with Crippen molar-refractivity contribution in [2.75, 3.05) is 12.8 Å². The van der Waals surface area contributed by atoms with Crippen molar-refractivity contribution >= 4 is 22.4 Å². The third-order valence-corrected chi connectivity index (χ3v) is 3.63. The van der Waals surface area contributed by atoms with Gasteiger partial charge in [-0.25, -0.2) is 9.37 Å². The SMILES string of the molecule is CN(Cc1cc(C#N)ccc1F)C(=O)Cc1csc(N)n1. The van der Waals surface area contributed by atoms with E-state index in [1.54, 1.807) is 12.4 Å². The van der Waals surface area contributed by atoms with Crippen molar-refractivity contribution in [1.29, 1.82) is 5.26 Å². The van der Waals surface area contributed by atoms with Crippen LogP contribution in [0.1, 0.15) is 16.8 Å². The summed E-state index contributed by atoms with van der Waals surface area (Å²) in [4.78, 5) is 17.5. The number of nitrogen functional groups attached to an aromatic ring is 1. The molecule has 7 heteroatoms. The molecule has 0 aliphatic heterocycles. The molecule has 0 atom stereocenters. The van der Waals surface area contributed by atoms with Gasteiger partial charge in [-0.1, -0.05) is 0 Å². The number of hydrogen-bond donors (Lipinski definition) is 1. The number of hydrogen-bond acceptors (Lipinski definition) is 5. The van der Waals surface area contributed by atoms with Crippen molar-refractivity contribution in [3.05, 3.63) is 46.2 Å². The molecule has 0 aliphatic carbocycles. The van der Waals surface area contributed by atoms with E-state index in [0.717, 1.165) is 0 Å². The first-order valence-electron chi connectivity index (χ1n) is 6.12. The number of likely N-dealkylation sites (N-methyl/N-ethyl adjacent to an activating group) is 1. The average Bonchev–Trinajstić information content (AvgIpc) is 2.86. The van der Waals surface area contributed by atoms with Crippen LogP contribution in [-0.2, 0) is 17.8 Å². The lowest BCUT2D eigenvalue weighted by Gasteiger charge is -2.17. The average molecular weight is 304 g/mol. The summed E-state index contributed by atoms with van der Waals surface area (Å²) >= 11 is 1.27. The largest absolute Gasteiger partial charge is 0.375 e. The van der Waals surface area contributed by atoms with E-state index in [1.807, 2.05) is 6.07 Å². The Hall–Kier alpha value is -2.46. The molecular weight excluding hydrogens is 291 g/mol. The summed E-state index contributed by atoms with van der Waals surface area (Å²) in [5, 5.41) is 11.0. The van der Waals surface area contributed by atoms with E-state index < -0.39 is 5.82 Å². The molecule has 0 spiro atoms. The molecule has 0 radical (unpaired) electrons. The summed E-state index contributed by atoms with van der Waals surface area (Å²) in [6.07, 6.45) is 0.115. The summed E-state index contributed by atoms with van der Waals surface area (Å²) in [7, 11) is 1.58. The lowest BCUT2D eigenvalue weighted by molar-refractivity contribution is -0.129. The number of nitrogens with zero attached hydrogens (tertiary/aromatic N) is 3. The zero-order chi connectivity index (χ0) is 15.4. The third-order valence-electron chi connectivity index (χ3n) is 2.91. The van der Waals surface area contributed by atoms with Crippen LogP contribution < -0.4 is 5.73 Å². The first kappa shape index (κ1) is 14.9. The molecule has 2 rings (SSSR count). The Balaban J connectivity index is 2.05. The minimum absolute atomic E-state index is 0.0970. The van der Waals surface area contributed by atoms with E-state index in [9.17, 15) is 9.18 Å². The molecule has 21 heavy (non-hydrogen) atoms. The first-order chi connectivity index (χ1) is 9.99. The van der Waals surface area contributed by atoms with E-state index >= 15 is 0 Å². The number of amides is 1. The second-order valence-corrected chi connectivity index (χ2v) is 5.41. The number of carbonyl (C=O) groups is 1. The van der Waals surface area contributed by atoms with Crippen molar-refractivity contribution in [3.63, 3.8) is 0 Å². The van der Waals surface area contributed by atoms with Gasteiger partial charge in [0.1, 0.15) is 5.82 Å². The first-order valence-corrected chi connectivity index (χ1v) is 7.00. The minimum atomic E-state index is -0.438. The molecule has 0 saturated carbocycles. The van der Waals surface area contributed by atoms with Crippen molar-refractivity contribution < 1.29 is 9.18 Å². The van der Waals surface area contributed by atoms with Gasteiger partial charge in [0.2, 0.25) is 5.91 Å². The van der Waals surface area contributed by atoms with Gasteiger partial charge in [0.15, 0.2) is 5.13 Å². The fourth-order valence-electron chi connectivity index (χ4n) is 1.80. The molecule has 1 amide bonds. The number of rotatable bonds is 4. The predicted octanol–water partition coefficient (Wildman–Crippen LogP) is 1.94. The zero-order valence-electron chi connectivity index (χ0n) is 11.3. The van der Waals surface area contributed by atoms with Gasteiger partial charge in [-0.15, -0.1) is 11.3 Å². The van der Waals surface area contributed by atoms with Crippen LogP contribution in [0.4, 0.5) is 9.52 Å². The second kappa shape index (κ2) is 6.33. The molecule has 0 unspecified atom stereocenters. The quantitative estimate of drug-likeness (QED) is 0.935. The number of carbonyl (C=O) groups excluding carboxylic acids is 1. The lowest BCUT2D eigenvalue weighted by Crippen LogP contribution is -2.28. The molecule has 0 aliphatic rings. The Morgan fingerprint density at radius 1 is 1.57 bits per heavy atom. The number of nitrogens with two attached hydrogens (primary N) is 1. The van der Waals surface area contributed by atoms with Crippen LogP contribution >= 0.6 is 11.3 Å². The maximum absolute atomic E-state index is 13.7. The number of thiazole rings is 1. The topological polar surface area (TPSA) is 83.0 Å². The van der Waals surface area contributed by atoms with Crippen molar-refractivity contribution in [3.8, 4) is 6.07 Å². The Kier molecular flexibility index (Phi) is 4.50. The highest BCUT2D eigenvalue weighted by atomic mass is 32.1. The number of aromatic nitrogens is 1. The fourth-order valence-corrected chi connectivity index (χ4v) is 2.37. The lowest BCUT2D eigenvalue weighted by atomic mass is 10.1. The van der Waals surface area contributed by atoms with Gasteiger partial charge in [-0.3, -0.25) is 4.79 Å². The molecule has 1 heterocycles. The second-order valence-electron chi connectivity index (χ2n) is 4.52. The minimum Gasteiger partial charge on any atom is -0.375 e. The highest BCUT2D eigenvalue weighted by molar-refractivity contribution is 7.13. The fraction of sp³-hybridized carbons (Fsp3) is 0.214. The van der Waals surface area contributed by atoms with E-state index in [4.69, 9.17) is 11.0 Å². The van der Waals surface area contributed by atoms with Gasteiger partial charge >= 0.3 is 0 Å². The standard InChI is InChI=1S/C14H13FN4OS/c1-19(13(20)5-11-8-21-14(17)18-11)7-10-4-9(6-16)2-3-12(10)15/h2-4,8H,5,7H2,1H3,(H2,17,18). The van der Waals surface area contributed by atoms with Crippen molar-refractivity contribution in [1.82, 2.24) is 9.88 Å². The Labute approximate surface area is 125 Å². The van der Waals surface area contributed by atoms with Crippen LogP contribution in [0.3, 0.4) is 0 Å². The van der Waals surface area contributed by atoms with E-state index in [-0.39, 0.29) is 18.9 Å². The number of nitriles is 1. The van der Waals surface area contributed by atoms with Crippen LogP contribution in [0.2, 0.25) is 0 Å². The van der Waals surface area contributed by atoms with Crippen LogP contribution in [-0.4, -0.2) is 22.8 Å². The molecule has 0 saturated heterocycles. The monoisotopic (exact) mass is 304 g/mol. The highest BCUT2D eigenvalue weighted by Gasteiger charge is 2.14. The summed E-state index contributed by atoms with van der Waals surface area (Å²) in [6.45, 7) is 0.0970. The normalized spacial score (nSPS) is 10.1. The summed E-state index contributed by atoms with van der Waals surface area (Å²) in [5.74, 6) is -0.631. The van der Waals surface area contributed by atoms with Gasteiger partial charge in [0, 0.05) is 24.5 Å². The Morgan fingerprint density at radius 3 is 2.95 bits per heavy atom. The molecule has 2 aromatic rings. The van der Waals surface area contributed by atoms with Gasteiger partial charge in [-0.05, 0) is 18.2 Å². The van der Waals surface area contributed by atoms with E-state index in [0.29, 0.717) is 22.0 Å². The Morgan fingerprint density at radius 2 is 2.33 bits per heavy atom. The maximum atomic E-state index is 13.7. The summed E-state index contributed by atoms with van der Waals surface area (Å²) in [5.41, 5.74) is 6.77. The van der Waals surface area contributed by atoms with Crippen LogP contribution in [0.5, 0.6) is 0 Å². The highest BCUT2D eigenvalue weighted by Crippen LogP contribution is 2.15. The maximum Gasteiger partial charge on any atom is 0.228 e. The third kappa shape index (κ3) is 3.77. The van der Waals surface area contributed by atoms with Gasteiger partial charge in [0.05, 0.1) is 23.7 Å². The Bertz CT molecular complexity index is 707. The number of benzene rings is 1. The number of anilines is 1. The molecule has 1 aromatic heterocycles. The van der Waals surface area contributed by atoms with Crippen LogP contribution in [0.25, 0.3) is 0 Å².